The molecule has 1 amide bonds. The first-order chi connectivity index (χ1) is 10.1. The number of carbonyl (C=O) groups is 2. The van der Waals surface area contributed by atoms with E-state index in [1.165, 1.54) is 19.6 Å². The SMILES string of the molecule is COCCC(NC(=O)c1cnc(-c2ccco2)s1)C(=O)O. The van der Waals surface area contributed by atoms with Gasteiger partial charge in [-0.05, 0) is 12.1 Å². The third-order valence-corrected chi connectivity index (χ3v) is 3.69. The van der Waals surface area contributed by atoms with E-state index in [9.17, 15) is 9.59 Å². The predicted molar refractivity (Wildman–Crippen MR) is 75.2 cm³/mol. The zero-order valence-electron chi connectivity index (χ0n) is 11.2. The minimum absolute atomic E-state index is 0.196. The Balaban J connectivity index is 2.04. The fourth-order valence-corrected chi connectivity index (χ4v) is 2.40. The van der Waals surface area contributed by atoms with Crippen LogP contribution in [0.15, 0.2) is 29.0 Å². The zero-order valence-corrected chi connectivity index (χ0v) is 12.1. The molecule has 0 radical (unpaired) electrons. The molecule has 112 valence electrons. The monoisotopic (exact) mass is 310 g/mol. The van der Waals surface area contributed by atoms with Gasteiger partial charge in [-0.25, -0.2) is 9.78 Å². The van der Waals surface area contributed by atoms with E-state index in [1.54, 1.807) is 12.1 Å². The highest BCUT2D eigenvalue weighted by Gasteiger charge is 2.22. The molecular formula is C13H14N2O5S. The fourth-order valence-electron chi connectivity index (χ4n) is 1.62. The Kier molecular flexibility index (Phi) is 5.07. The van der Waals surface area contributed by atoms with Gasteiger partial charge >= 0.3 is 5.97 Å². The second-order valence-electron chi connectivity index (χ2n) is 4.15. The normalized spacial score (nSPS) is 12.0. The predicted octanol–water partition coefficient (Wildman–Crippen LogP) is 1.62. The summed E-state index contributed by atoms with van der Waals surface area (Å²) in [5, 5.41) is 12.1. The van der Waals surface area contributed by atoms with Crippen LogP contribution in [0.25, 0.3) is 10.8 Å². The second kappa shape index (κ2) is 7.00. The molecule has 2 aromatic heterocycles. The highest BCUT2D eigenvalue weighted by atomic mass is 32.1. The maximum atomic E-state index is 12.0. The van der Waals surface area contributed by atoms with E-state index in [0.29, 0.717) is 15.6 Å². The molecule has 2 N–H and O–H groups in total. The molecule has 7 nitrogen and oxygen atoms in total. The molecule has 2 heterocycles. The van der Waals surface area contributed by atoms with Crippen molar-refractivity contribution < 1.29 is 23.8 Å². The molecule has 0 aliphatic carbocycles. The van der Waals surface area contributed by atoms with Crippen LogP contribution in [0.3, 0.4) is 0 Å². The van der Waals surface area contributed by atoms with Gasteiger partial charge in [0.1, 0.15) is 10.9 Å². The Morgan fingerprint density at radius 3 is 3.00 bits per heavy atom. The molecule has 2 aromatic rings. The number of nitrogens with one attached hydrogen (secondary N) is 1. The number of ether oxygens (including phenoxy) is 1. The van der Waals surface area contributed by atoms with Crippen LogP contribution in [0.5, 0.6) is 0 Å². The summed E-state index contributed by atoms with van der Waals surface area (Å²) in [7, 11) is 1.47. The molecule has 0 saturated heterocycles. The van der Waals surface area contributed by atoms with Crippen LogP contribution in [0.4, 0.5) is 0 Å². The van der Waals surface area contributed by atoms with Crippen LogP contribution in [0.2, 0.25) is 0 Å². The molecule has 0 fully saturated rings. The van der Waals surface area contributed by atoms with Crippen molar-refractivity contribution in [1.82, 2.24) is 10.3 Å². The molecule has 1 atom stereocenters. The molecule has 2 rings (SSSR count). The standard InChI is InChI=1S/C13H14N2O5S/c1-19-6-4-8(13(17)18)15-11(16)10-7-14-12(21-10)9-3-2-5-20-9/h2-3,5,7-8H,4,6H2,1H3,(H,15,16)(H,17,18). The van der Waals surface area contributed by atoms with Crippen molar-refractivity contribution in [1.29, 1.82) is 0 Å². The molecule has 0 aromatic carbocycles. The lowest BCUT2D eigenvalue weighted by atomic mass is 10.2. The van der Waals surface area contributed by atoms with Crippen LogP contribution in [-0.2, 0) is 9.53 Å². The first-order valence-electron chi connectivity index (χ1n) is 6.14. The quantitative estimate of drug-likeness (QED) is 0.806. The van der Waals surface area contributed by atoms with Crippen molar-refractivity contribution in [3.05, 3.63) is 29.5 Å². The van der Waals surface area contributed by atoms with Gasteiger partial charge in [0.05, 0.1) is 12.5 Å². The Morgan fingerprint density at radius 1 is 1.57 bits per heavy atom. The highest BCUT2D eigenvalue weighted by molar-refractivity contribution is 7.16. The molecular weight excluding hydrogens is 296 g/mol. The average molecular weight is 310 g/mol. The minimum atomic E-state index is -1.10. The summed E-state index contributed by atoms with van der Waals surface area (Å²) in [6.45, 7) is 0.248. The molecule has 0 bridgehead atoms. The number of methoxy groups -OCH3 is 1. The summed E-state index contributed by atoms with van der Waals surface area (Å²) >= 11 is 1.14. The summed E-state index contributed by atoms with van der Waals surface area (Å²) in [4.78, 5) is 27.5. The van der Waals surface area contributed by atoms with Gasteiger partial charge < -0.3 is 19.6 Å². The molecule has 0 aliphatic heterocycles. The first-order valence-corrected chi connectivity index (χ1v) is 6.95. The van der Waals surface area contributed by atoms with Crippen molar-refractivity contribution >= 4 is 23.2 Å². The van der Waals surface area contributed by atoms with Gasteiger partial charge in [-0.1, -0.05) is 0 Å². The molecule has 8 heteroatoms. The number of aromatic nitrogens is 1. The lowest BCUT2D eigenvalue weighted by Crippen LogP contribution is -2.41. The number of hydrogen-bond acceptors (Lipinski definition) is 6. The molecule has 0 saturated carbocycles. The van der Waals surface area contributed by atoms with E-state index in [1.807, 2.05) is 0 Å². The second-order valence-corrected chi connectivity index (χ2v) is 5.18. The largest absolute Gasteiger partial charge is 0.480 e. The average Bonchev–Trinajstić information content (AvgIpc) is 3.12. The fraction of sp³-hybridized carbons (Fsp3) is 0.308. The van der Waals surface area contributed by atoms with Crippen molar-refractivity contribution in [3.63, 3.8) is 0 Å². The maximum absolute atomic E-state index is 12.0. The van der Waals surface area contributed by atoms with Crippen LogP contribution < -0.4 is 5.32 Å². The number of amides is 1. The Labute approximate surface area is 124 Å². The number of carbonyl (C=O) groups excluding carboxylic acids is 1. The summed E-state index contributed by atoms with van der Waals surface area (Å²) in [5.74, 6) is -1.02. The number of hydrogen-bond donors (Lipinski definition) is 2. The lowest BCUT2D eigenvalue weighted by molar-refractivity contribution is -0.139. The van der Waals surface area contributed by atoms with Crippen molar-refractivity contribution in [3.8, 4) is 10.8 Å². The Morgan fingerprint density at radius 2 is 2.38 bits per heavy atom. The number of carboxylic acids is 1. The molecule has 0 aliphatic rings. The molecule has 0 spiro atoms. The van der Waals surface area contributed by atoms with Crippen LogP contribution in [0, 0.1) is 0 Å². The number of nitrogens with zero attached hydrogens (tertiary/aromatic N) is 1. The zero-order chi connectivity index (χ0) is 15.2. The van der Waals surface area contributed by atoms with Gasteiger partial charge in [0.25, 0.3) is 5.91 Å². The maximum Gasteiger partial charge on any atom is 0.326 e. The van der Waals surface area contributed by atoms with E-state index in [-0.39, 0.29) is 13.0 Å². The number of furan rings is 1. The van der Waals surface area contributed by atoms with Crippen LogP contribution in [0.1, 0.15) is 16.1 Å². The summed E-state index contributed by atoms with van der Waals surface area (Å²) in [6.07, 6.45) is 3.11. The number of aliphatic carboxylic acids is 1. The van der Waals surface area contributed by atoms with Crippen molar-refractivity contribution in [2.75, 3.05) is 13.7 Å². The van der Waals surface area contributed by atoms with Crippen molar-refractivity contribution in [2.24, 2.45) is 0 Å². The smallest absolute Gasteiger partial charge is 0.326 e. The van der Waals surface area contributed by atoms with E-state index in [0.717, 1.165) is 11.3 Å². The van der Waals surface area contributed by atoms with E-state index >= 15 is 0 Å². The van der Waals surface area contributed by atoms with E-state index in [4.69, 9.17) is 14.3 Å². The van der Waals surface area contributed by atoms with E-state index < -0.39 is 17.9 Å². The van der Waals surface area contributed by atoms with Crippen molar-refractivity contribution in [2.45, 2.75) is 12.5 Å². The van der Waals surface area contributed by atoms with Gasteiger partial charge in [0.2, 0.25) is 0 Å². The third kappa shape index (κ3) is 3.89. The topological polar surface area (TPSA) is 102 Å². The lowest BCUT2D eigenvalue weighted by Gasteiger charge is -2.12. The first kappa shape index (κ1) is 15.2. The number of rotatable bonds is 7. The van der Waals surface area contributed by atoms with Crippen LogP contribution in [-0.4, -0.2) is 41.7 Å². The minimum Gasteiger partial charge on any atom is -0.480 e. The number of thiazole rings is 1. The van der Waals surface area contributed by atoms with E-state index in [2.05, 4.69) is 10.3 Å². The Bertz CT molecular complexity index is 608. The summed E-state index contributed by atoms with van der Waals surface area (Å²) in [5.41, 5.74) is 0. The molecule has 1 unspecified atom stereocenters. The summed E-state index contributed by atoms with van der Waals surface area (Å²) < 4.78 is 10.0. The summed E-state index contributed by atoms with van der Waals surface area (Å²) in [6, 6.07) is 2.47. The third-order valence-electron chi connectivity index (χ3n) is 2.68. The van der Waals surface area contributed by atoms with Crippen LogP contribution >= 0.6 is 11.3 Å². The van der Waals surface area contributed by atoms with Gasteiger partial charge in [-0.2, -0.15) is 0 Å². The van der Waals surface area contributed by atoms with Gasteiger partial charge in [0.15, 0.2) is 10.8 Å². The van der Waals surface area contributed by atoms with Gasteiger partial charge in [-0.3, -0.25) is 4.79 Å². The van der Waals surface area contributed by atoms with Gasteiger partial charge in [-0.15, -0.1) is 11.3 Å². The number of carboxylic acid groups (broad SMARTS) is 1. The molecule has 21 heavy (non-hydrogen) atoms. The van der Waals surface area contributed by atoms with Gasteiger partial charge in [0, 0.05) is 20.1 Å². The Hall–Kier alpha value is -2.19. The highest BCUT2D eigenvalue weighted by Crippen LogP contribution is 2.25.